The van der Waals surface area contributed by atoms with E-state index in [1.165, 1.54) is 0 Å². The number of amides is 3. The molecule has 7 nitrogen and oxygen atoms in total. The topological polar surface area (TPSA) is 83.6 Å². The van der Waals surface area contributed by atoms with Gasteiger partial charge in [0.05, 0.1) is 6.61 Å². The summed E-state index contributed by atoms with van der Waals surface area (Å²) in [5.74, 6) is 0.0149. The molecule has 1 fully saturated rings. The summed E-state index contributed by atoms with van der Waals surface area (Å²) in [7, 11) is 0. The Bertz CT molecular complexity index is 746. The van der Waals surface area contributed by atoms with Crippen molar-refractivity contribution in [3.05, 3.63) is 48.2 Å². The van der Waals surface area contributed by atoms with Crippen molar-refractivity contribution in [2.45, 2.75) is 6.92 Å². The SMILES string of the molecule is CCOc1ncccc1C(=O)Nc1ccc(N2CCNC2=O)cc1. The van der Waals surface area contributed by atoms with Crippen molar-refractivity contribution in [2.75, 3.05) is 29.9 Å². The maximum atomic E-state index is 12.4. The van der Waals surface area contributed by atoms with E-state index < -0.39 is 0 Å². The molecule has 1 aromatic heterocycles. The number of hydrogen-bond acceptors (Lipinski definition) is 4. The summed E-state index contributed by atoms with van der Waals surface area (Å²) >= 11 is 0. The maximum absolute atomic E-state index is 12.4. The zero-order valence-corrected chi connectivity index (χ0v) is 13.3. The number of nitrogens with one attached hydrogen (secondary N) is 2. The molecule has 2 aromatic rings. The van der Waals surface area contributed by atoms with Gasteiger partial charge in [0.1, 0.15) is 5.56 Å². The molecule has 1 aromatic carbocycles. The van der Waals surface area contributed by atoms with Crippen LogP contribution in [0.15, 0.2) is 42.6 Å². The maximum Gasteiger partial charge on any atom is 0.321 e. The van der Waals surface area contributed by atoms with Crippen molar-refractivity contribution in [1.29, 1.82) is 0 Å². The molecule has 24 heavy (non-hydrogen) atoms. The second kappa shape index (κ2) is 6.99. The van der Waals surface area contributed by atoms with Crippen molar-refractivity contribution in [3.8, 4) is 5.88 Å². The number of rotatable bonds is 5. The summed E-state index contributed by atoms with van der Waals surface area (Å²) in [5, 5.41) is 5.56. The molecule has 0 atom stereocenters. The van der Waals surface area contributed by atoms with Gasteiger partial charge in [-0.05, 0) is 43.3 Å². The van der Waals surface area contributed by atoms with Crippen LogP contribution in [-0.4, -0.2) is 36.6 Å². The Balaban J connectivity index is 1.72. The largest absolute Gasteiger partial charge is 0.477 e. The number of urea groups is 1. The average Bonchev–Trinajstić information content (AvgIpc) is 3.02. The highest BCUT2D eigenvalue weighted by molar-refractivity contribution is 6.06. The monoisotopic (exact) mass is 326 g/mol. The number of anilines is 2. The summed E-state index contributed by atoms with van der Waals surface area (Å²) in [6.07, 6.45) is 1.58. The van der Waals surface area contributed by atoms with E-state index in [1.807, 2.05) is 6.92 Å². The first kappa shape index (κ1) is 15.8. The van der Waals surface area contributed by atoms with Crippen molar-refractivity contribution in [1.82, 2.24) is 10.3 Å². The molecule has 3 rings (SSSR count). The second-order valence-corrected chi connectivity index (χ2v) is 5.17. The minimum absolute atomic E-state index is 0.108. The zero-order valence-electron chi connectivity index (χ0n) is 13.3. The number of carbonyl (C=O) groups excluding carboxylic acids is 2. The van der Waals surface area contributed by atoms with Crippen LogP contribution in [-0.2, 0) is 0 Å². The third-order valence-electron chi connectivity index (χ3n) is 3.59. The Hall–Kier alpha value is -3.09. The standard InChI is InChI=1S/C17H18N4O3/c1-2-24-16-14(4-3-9-18-16)15(22)20-12-5-7-13(8-6-12)21-11-10-19-17(21)23/h3-9H,2,10-11H2,1H3,(H,19,23)(H,20,22). The van der Waals surface area contributed by atoms with Gasteiger partial charge in [0, 0.05) is 30.7 Å². The summed E-state index contributed by atoms with van der Waals surface area (Å²) in [6.45, 7) is 3.55. The molecular weight excluding hydrogens is 308 g/mol. The fourth-order valence-corrected chi connectivity index (χ4v) is 2.46. The van der Waals surface area contributed by atoms with Crippen molar-refractivity contribution in [2.24, 2.45) is 0 Å². The van der Waals surface area contributed by atoms with E-state index in [1.54, 1.807) is 47.5 Å². The Morgan fingerprint density at radius 3 is 2.79 bits per heavy atom. The minimum Gasteiger partial charge on any atom is -0.477 e. The Labute approximate surface area is 139 Å². The first-order chi connectivity index (χ1) is 11.7. The van der Waals surface area contributed by atoms with Crippen LogP contribution >= 0.6 is 0 Å². The fourth-order valence-electron chi connectivity index (χ4n) is 2.46. The van der Waals surface area contributed by atoms with E-state index in [4.69, 9.17) is 4.74 Å². The molecule has 7 heteroatoms. The van der Waals surface area contributed by atoms with Gasteiger partial charge in [-0.2, -0.15) is 0 Å². The van der Waals surface area contributed by atoms with Crippen LogP contribution in [0.25, 0.3) is 0 Å². The number of hydrogen-bond donors (Lipinski definition) is 2. The van der Waals surface area contributed by atoms with E-state index in [0.717, 1.165) is 5.69 Å². The van der Waals surface area contributed by atoms with Gasteiger partial charge in [-0.25, -0.2) is 9.78 Å². The number of ether oxygens (including phenoxy) is 1. The van der Waals surface area contributed by atoms with Crippen molar-refractivity contribution < 1.29 is 14.3 Å². The molecule has 1 aliphatic heterocycles. The predicted molar refractivity (Wildman–Crippen MR) is 90.5 cm³/mol. The van der Waals surface area contributed by atoms with E-state index in [2.05, 4.69) is 15.6 Å². The van der Waals surface area contributed by atoms with Gasteiger partial charge in [0.2, 0.25) is 5.88 Å². The van der Waals surface area contributed by atoms with Gasteiger partial charge >= 0.3 is 6.03 Å². The molecule has 3 amide bonds. The second-order valence-electron chi connectivity index (χ2n) is 5.17. The summed E-state index contributed by atoms with van der Waals surface area (Å²) in [5.41, 5.74) is 1.80. The van der Waals surface area contributed by atoms with Crippen LogP contribution in [0.3, 0.4) is 0 Å². The highest BCUT2D eigenvalue weighted by Gasteiger charge is 2.21. The predicted octanol–water partition coefficient (Wildman–Crippen LogP) is 2.26. The van der Waals surface area contributed by atoms with Crippen LogP contribution in [0, 0.1) is 0 Å². The number of pyridine rings is 1. The third-order valence-corrected chi connectivity index (χ3v) is 3.59. The number of aromatic nitrogens is 1. The molecule has 0 saturated carbocycles. The van der Waals surface area contributed by atoms with E-state index in [-0.39, 0.29) is 11.9 Å². The number of carbonyl (C=O) groups is 2. The van der Waals surface area contributed by atoms with Crippen molar-refractivity contribution >= 4 is 23.3 Å². The molecule has 0 radical (unpaired) electrons. The lowest BCUT2D eigenvalue weighted by molar-refractivity contribution is 0.102. The normalized spacial score (nSPS) is 13.5. The first-order valence-corrected chi connectivity index (χ1v) is 7.73. The lowest BCUT2D eigenvalue weighted by Crippen LogP contribution is -2.27. The molecule has 2 N–H and O–H groups in total. The third kappa shape index (κ3) is 3.29. The quantitative estimate of drug-likeness (QED) is 0.883. The van der Waals surface area contributed by atoms with Crippen molar-refractivity contribution in [3.63, 3.8) is 0 Å². The smallest absolute Gasteiger partial charge is 0.321 e. The van der Waals surface area contributed by atoms with Gasteiger partial charge in [-0.3, -0.25) is 9.69 Å². The molecule has 0 spiro atoms. The van der Waals surface area contributed by atoms with Crippen LogP contribution in [0.4, 0.5) is 16.2 Å². The summed E-state index contributed by atoms with van der Waals surface area (Å²) < 4.78 is 5.37. The molecule has 0 bridgehead atoms. The van der Waals surface area contributed by atoms with Gasteiger partial charge in [-0.15, -0.1) is 0 Å². The molecule has 0 unspecified atom stereocenters. The molecule has 1 aliphatic rings. The Morgan fingerprint density at radius 2 is 2.12 bits per heavy atom. The van der Waals surface area contributed by atoms with E-state index >= 15 is 0 Å². The van der Waals surface area contributed by atoms with Crippen LogP contribution < -0.4 is 20.3 Å². The van der Waals surface area contributed by atoms with Crippen LogP contribution in [0.1, 0.15) is 17.3 Å². The number of benzene rings is 1. The lowest BCUT2D eigenvalue weighted by Gasteiger charge is -2.15. The Morgan fingerprint density at radius 1 is 1.33 bits per heavy atom. The molecule has 0 aliphatic carbocycles. The lowest BCUT2D eigenvalue weighted by atomic mass is 10.2. The van der Waals surface area contributed by atoms with Gasteiger partial charge in [0.15, 0.2) is 0 Å². The highest BCUT2D eigenvalue weighted by Crippen LogP contribution is 2.21. The summed E-state index contributed by atoms with van der Waals surface area (Å²) in [4.78, 5) is 29.8. The zero-order chi connectivity index (χ0) is 16.9. The van der Waals surface area contributed by atoms with Gasteiger partial charge in [-0.1, -0.05) is 0 Å². The van der Waals surface area contributed by atoms with E-state index in [0.29, 0.717) is 36.8 Å². The first-order valence-electron chi connectivity index (χ1n) is 7.73. The number of nitrogens with zero attached hydrogens (tertiary/aromatic N) is 2. The highest BCUT2D eigenvalue weighted by atomic mass is 16.5. The summed E-state index contributed by atoms with van der Waals surface area (Å²) in [6, 6.07) is 10.4. The molecule has 1 saturated heterocycles. The van der Waals surface area contributed by atoms with Gasteiger partial charge in [0.25, 0.3) is 5.91 Å². The molecular formula is C17H18N4O3. The molecule has 2 heterocycles. The van der Waals surface area contributed by atoms with Crippen LogP contribution in [0.5, 0.6) is 5.88 Å². The van der Waals surface area contributed by atoms with Crippen LogP contribution in [0.2, 0.25) is 0 Å². The minimum atomic E-state index is -0.293. The average molecular weight is 326 g/mol. The Kier molecular flexibility index (Phi) is 4.60. The fraction of sp³-hybridized carbons (Fsp3) is 0.235. The van der Waals surface area contributed by atoms with Gasteiger partial charge < -0.3 is 15.4 Å². The van der Waals surface area contributed by atoms with E-state index in [9.17, 15) is 9.59 Å². The molecule has 124 valence electrons.